The first-order valence-electron chi connectivity index (χ1n) is 12.5. The summed E-state index contributed by atoms with van der Waals surface area (Å²) in [4.78, 5) is 29.2. The Morgan fingerprint density at radius 1 is 0.947 bits per heavy atom. The van der Waals surface area contributed by atoms with E-state index in [4.69, 9.17) is 4.74 Å². The Bertz CT molecular complexity index is 1230. The van der Waals surface area contributed by atoms with Crippen molar-refractivity contribution in [1.29, 1.82) is 0 Å². The first-order chi connectivity index (χ1) is 17.8. The highest BCUT2D eigenvalue weighted by molar-refractivity contribution is 5.98. The number of alkyl carbamates (subject to hydrolysis) is 1. The number of fused-ring (bicyclic) bond motifs is 1. The molecule has 1 aromatic heterocycles. The molecule has 0 aliphatic carbocycles. The Morgan fingerprint density at radius 3 is 2.29 bits per heavy atom. The number of ether oxygens (including phenoxy) is 1. The minimum absolute atomic E-state index is 0.228. The number of carbonyl (C=O) groups is 2. The number of hydrogen-bond acceptors (Lipinski definition) is 4. The van der Waals surface area contributed by atoms with Gasteiger partial charge in [0.2, 0.25) is 0 Å². The van der Waals surface area contributed by atoms with Crippen LogP contribution >= 0.6 is 0 Å². The molecule has 0 fully saturated rings. The summed E-state index contributed by atoms with van der Waals surface area (Å²) in [5.74, 6) is -0.357. The number of alkyl halides is 3. The maximum atomic E-state index is 12.9. The molecule has 0 unspecified atom stereocenters. The highest BCUT2D eigenvalue weighted by Crippen LogP contribution is 2.31. The van der Waals surface area contributed by atoms with Crippen LogP contribution in [-0.2, 0) is 23.9 Å². The average Bonchev–Trinajstić information content (AvgIpc) is 3.26. The van der Waals surface area contributed by atoms with Gasteiger partial charge in [-0.3, -0.25) is 4.79 Å². The summed E-state index contributed by atoms with van der Waals surface area (Å²) >= 11 is 0. The zero-order chi connectivity index (χ0) is 27.9. The predicted octanol–water partition coefficient (Wildman–Crippen LogP) is 5.51. The van der Waals surface area contributed by atoms with Crippen LogP contribution in [0, 0.1) is 0 Å². The van der Waals surface area contributed by atoms with Gasteiger partial charge in [-0.2, -0.15) is 13.2 Å². The van der Waals surface area contributed by atoms with E-state index in [0.29, 0.717) is 30.5 Å². The third kappa shape index (κ3) is 9.09. The average molecular weight is 533 g/mol. The molecule has 3 aromatic rings. The van der Waals surface area contributed by atoms with Gasteiger partial charge in [-0.1, -0.05) is 24.3 Å². The Kier molecular flexibility index (Phi) is 9.43. The van der Waals surface area contributed by atoms with E-state index in [-0.39, 0.29) is 11.6 Å². The molecule has 7 nitrogen and oxygen atoms in total. The number of benzene rings is 2. The minimum Gasteiger partial charge on any atom is -0.444 e. The zero-order valence-corrected chi connectivity index (χ0v) is 22.2. The van der Waals surface area contributed by atoms with Crippen LogP contribution in [0.3, 0.4) is 0 Å². The number of nitrogens with zero attached hydrogens (tertiary/aromatic N) is 1. The molecule has 3 N–H and O–H groups in total. The molecule has 1 heterocycles. The second kappa shape index (κ2) is 12.3. The van der Waals surface area contributed by atoms with E-state index in [1.165, 1.54) is 17.7 Å². The van der Waals surface area contributed by atoms with Crippen molar-refractivity contribution in [3.63, 3.8) is 0 Å². The number of rotatable bonds is 10. The standard InChI is InChI=1S/C28H35F3N4O3/c1-27(2,3)38-26(37)33-18-20-9-7-19(8-10-20)6-5-14-35(4)15-13-32-25(36)24-17-21-16-22(28(29,30)31)11-12-23(21)34-24/h7-12,16-17,34H,5-6,13-15,18H2,1-4H3,(H,32,36)(H,33,37). The fraction of sp³-hybridized carbons (Fsp3) is 0.429. The molecule has 0 atom stereocenters. The van der Waals surface area contributed by atoms with Crippen molar-refractivity contribution in [2.24, 2.45) is 0 Å². The fourth-order valence-electron chi connectivity index (χ4n) is 3.86. The van der Waals surface area contributed by atoms with Crippen molar-refractivity contribution in [3.05, 3.63) is 70.9 Å². The fourth-order valence-corrected chi connectivity index (χ4v) is 3.86. The first kappa shape index (κ1) is 29.0. The van der Waals surface area contributed by atoms with Crippen molar-refractivity contribution < 1.29 is 27.5 Å². The van der Waals surface area contributed by atoms with Gasteiger partial charge in [0.25, 0.3) is 5.91 Å². The third-order valence-electron chi connectivity index (χ3n) is 5.84. The first-order valence-corrected chi connectivity index (χ1v) is 12.5. The van der Waals surface area contributed by atoms with Crippen LogP contribution in [0.1, 0.15) is 54.4 Å². The maximum absolute atomic E-state index is 12.9. The topological polar surface area (TPSA) is 86.5 Å². The van der Waals surface area contributed by atoms with Crippen LogP contribution in [0.2, 0.25) is 0 Å². The molecule has 0 bridgehead atoms. The number of aryl methyl sites for hydroxylation is 1. The smallest absolute Gasteiger partial charge is 0.416 e. The van der Waals surface area contributed by atoms with Gasteiger partial charge >= 0.3 is 12.3 Å². The van der Waals surface area contributed by atoms with E-state index in [1.54, 1.807) is 0 Å². The Labute approximate surface area is 220 Å². The minimum atomic E-state index is -4.43. The molecule has 38 heavy (non-hydrogen) atoms. The lowest BCUT2D eigenvalue weighted by atomic mass is 10.1. The highest BCUT2D eigenvalue weighted by Gasteiger charge is 2.30. The Hall–Kier alpha value is -3.53. The van der Waals surface area contributed by atoms with Crippen LogP contribution in [0.25, 0.3) is 10.9 Å². The number of aromatic nitrogens is 1. The number of H-pyrrole nitrogens is 1. The number of amides is 2. The zero-order valence-electron chi connectivity index (χ0n) is 22.2. The number of likely N-dealkylation sites (N-methyl/N-ethyl adjacent to an activating group) is 1. The molecule has 3 rings (SSSR count). The van der Waals surface area contributed by atoms with Gasteiger partial charge in [0.15, 0.2) is 0 Å². The van der Waals surface area contributed by atoms with Crippen LogP contribution in [-0.4, -0.2) is 54.2 Å². The Balaban J connectivity index is 1.35. The van der Waals surface area contributed by atoms with Crippen molar-refractivity contribution in [3.8, 4) is 0 Å². The molecule has 0 aliphatic heterocycles. The van der Waals surface area contributed by atoms with E-state index < -0.39 is 23.4 Å². The van der Waals surface area contributed by atoms with Gasteiger partial charge in [-0.15, -0.1) is 0 Å². The second-order valence-corrected chi connectivity index (χ2v) is 10.3. The van der Waals surface area contributed by atoms with E-state index in [0.717, 1.165) is 37.1 Å². The highest BCUT2D eigenvalue weighted by atomic mass is 19.4. The largest absolute Gasteiger partial charge is 0.444 e. The quantitative estimate of drug-likeness (QED) is 0.322. The van der Waals surface area contributed by atoms with Gasteiger partial charge in [0.1, 0.15) is 11.3 Å². The molecular weight excluding hydrogens is 497 g/mol. The van der Waals surface area contributed by atoms with Crippen molar-refractivity contribution in [2.45, 2.75) is 51.9 Å². The summed E-state index contributed by atoms with van der Waals surface area (Å²) in [7, 11) is 1.97. The number of nitrogens with one attached hydrogen (secondary N) is 3. The molecule has 2 amide bonds. The van der Waals surface area contributed by atoms with Gasteiger partial charge in [-0.05, 0) is 82.6 Å². The second-order valence-electron chi connectivity index (χ2n) is 10.3. The lowest BCUT2D eigenvalue weighted by molar-refractivity contribution is -0.137. The van der Waals surface area contributed by atoms with Crippen LogP contribution < -0.4 is 10.6 Å². The van der Waals surface area contributed by atoms with Gasteiger partial charge < -0.3 is 25.3 Å². The van der Waals surface area contributed by atoms with E-state index in [2.05, 4.69) is 20.5 Å². The summed E-state index contributed by atoms with van der Waals surface area (Å²) in [6.07, 6.45) is -3.04. The molecule has 2 aromatic carbocycles. The SMILES string of the molecule is CN(CCCc1ccc(CNC(=O)OC(C)(C)C)cc1)CCNC(=O)c1cc2cc(C(F)(F)F)ccc2[nH]1. The molecule has 0 radical (unpaired) electrons. The van der Waals surface area contributed by atoms with Gasteiger partial charge in [0.05, 0.1) is 5.56 Å². The summed E-state index contributed by atoms with van der Waals surface area (Å²) in [6, 6.07) is 12.9. The predicted molar refractivity (Wildman–Crippen MR) is 141 cm³/mol. The van der Waals surface area contributed by atoms with E-state index in [1.807, 2.05) is 52.1 Å². The monoisotopic (exact) mass is 532 g/mol. The summed E-state index contributed by atoms with van der Waals surface area (Å²) < 4.78 is 44.0. The lowest BCUT2D eigenvalue weighted by Gasteiger charge is -2.19. The number of aromatic amines is 1. The van der Waals surface area contributed by atoms with Crippen molar-refractivity contribution in [2.75, 3.05) is 26.7 Å². The number of carbonyl (C=O) groups excluding carboxylic acids is 2. The summed E-state index contributed by atoms with van der Waals surface area (Å²) in [5.41, 5.74) is 1.61. The van der Waals surface area contributed by atoms with Crippen molar-refractivity contribution >= 4 is 22.9 Å². The lowest BCUT2D eigenvalue weighted by Crippen LogP contribution is -2.33. The molecule has 206 valence electrons. The number of halogens is 3. The maximum Gasteiger partial charge on any atom is 0.416 e. The summed E-state index contributed by atoms with van der Waals surface area (Å²) in [6.45, 7) is 7.75. The molecular formula is C28H35F3N4O3. The normalized spacial score (nSPS) is 12.1. The Morgan fingerprint density at radius 2 is 1.63 bits per heavy atom. The summed E-state index contributed by atoms with van der Waals surface area (Å²) in [5, 5.41) is 5.90. The van der Waals surface area contributed by atoms with E-state index in [9.17, 15) is 22.8 Å². The number of hydrogen-bond donors (Lipinski definition) is 3. The molecule has 0 saturated heterocycles. The van der Waals surface area contributed by atoms with Crippen LogP contribution in [0.4, 0.5) is 18.0 Å². The van der Waals surface area contributed by atoms with E-state index >= 15 is 0 Å². The molecule has 0 spiro atoms. The molecule has 10 heteroatoms. The van der Waals surface area contributed by atoms with Gasteiger partial charge in [0, 0.05) is 30.5 Å². The third-order valence-corrected chi connectivity index (χ3v) is 5.84. The van der Waals surface area contributed by atoms with Gasteiger partial charge in [-0.25, -0.2) is 4.79 Å². The van der Waals surface area contributed by atoms with Crippen LogP contribution in [0.5, 0.6) is 0 Å². The molecule has 0 saturated carbocycles. The molecule has 0 aliphatic rings. The van der Waals surface area contributed by atoms with Crippen molar-refractivity contribution in [1.82, 2.24) is 20.5 Å². The van der Waals surface area contributed by atoms with Crippen LogP contribution in [0.15, 0.2) is 48.5 Å².